The van der Waals surface area contributed by atoms with E-state index >= 15 is 0 Å². The molecule has 1 N–H and O–H groups in total. The summed E-state index contributed by atoms with van der Waals surface area (Å²) < 4.78 is 5.77. The van der Waals surface area contributed by atoms with E-state index in [9.17, 15) is 5.11 Å². The number of aliphatic hydroxyl groups excluding tert-OH is 1. The SMILES string of the molecule is CC(C)C1CC2COc3cc(Cl)cnc3N2CC1O. The lowest BCUT2D eigenvalue weighted by atomic mass is 9.80. The van der Waals surface area contributed by atoms with Gasteiger partial charge in [0.2, 0.25) is 0 Å². The number of fused-ring (bicyclic) bond motifs is 3. The number of aliphatic hydroxyl groups is 1. The number of anilines is 1. The maximum absolute atomic E-state index is 10.3. The number of ether oxygens (including phenoxy) is 1. The number of nitrogens with zero attached hydrogens (tertiary/aromatic N) is 2. The Labute approximate surface area is 118 Å². The molecule has 0 spiro atoms. The molecule has 0 bridgehead atoms. The first-order valence-corrected chi connectivity index (χ1v) is 7.17. The highest BCUT2D eigenvalue weighted by atomic mass is 35.5. The first kappa shape index (κ1) is 13.0. The van der Waals surface area contributed by atoms with Crippen molar-refractivity contribution in [1.82, 2.24) is 4.98 Å². The number of aromatic nitrogens is 1. The molecule has 19 heavy (non-hydrogen) atoms. The number of rotatable bonds is 1. The predicted octanol–water partition coefficient (Wildman–Crippen LogP) is 2.34. The van der Waals surface area contributed by atoms with Crippen molar-refractivity contribution in [3.05, 3.63) is 17.3 Å². The Hall–Kier alpha value is -1.00. The number of halogens is 1. The lowest BCUT2D eigenvalue weighted by Gasteiger charge is -2.46. The first-order chi connectivity index (χ1) is 9.06. The molecule has 0 aliphatic carbocycles. The van der Waals surface area contributed by atoms with Crippen molar-refractivity contribution in [2.45, 2.75) is 32.4 Å². The number of hydrogen-bond acceptors (Lipinski definition) is 4. The lowest BCUT2D eigenvalue weighted by Crippen LogP contribution is -2.55. The van der Waals surface area contributed by atoms with Gasteiger partial charge >= 0.3 is 0 Å². The predicted molar refractivity (Wildman–Crippen MR) is 74.8 cm³/mol. The van der Waals surface area contributed by atoms with Crippen LogP contribution in [0, 0.1) is 11.8 Å². The van der Waals surface area contributed by atoms with Crippen molar-refractivity contribution >= 4 is 17.4 Å². The van der Waals surface area contributed by atoms with E-state index in [1.807, 2.05) is 0 Å². The molecule has 0 aromatic carbocycles. The topological polar surface area (TPSA) is 45.6 Å². The van der Waals surface area contributed by atoms with Gasteiger partial charge in [0.05, 0.1) is 17.2 Å². The van der Waals surface area contributed by atoms with Crippen molar-refractivity contribution in [3.8, 4) is 5.75 Å². The first-order valence-electron chi connectivity index (χ1n) is 6.79. The molecule has 3 atom stereocenters. The van der Waals surface area contributed by atoms with Crippen molar-refractivity contribution < 1.29 is 9.84 Å². The second kappa shape index (κ2) is 4.84. The van der Waals surface area contributed by atoms with Gasteiger partial charge < -0.3 is 14.7 Å². The van der Waals surface area contributed by atoms with Crippen LogP contribution in [-0.4, -0.2) is 35.4 Å². The Balaban J connectivity index is 1.88. The zero-order valence-corrected chi connectivity index (χ0v) is 12.0. The third kappa shape index (κ3) is 2.28. The summed E-state index contributed by atoms with van der Waals surface area (Å²) in [6, 6.07) is 2.10. The monoisotopic (exact) mass is 282 g/mol. The molecule has 104 valence electrons. The van der Waals surface area contributed by atoms with E-state index in [2.05, 4.69) is 23.7 Å². The maximum atomic E-state index is 10.3. The zero-order chi connectivity index (χ0) is 13.6. The lowest BCUT2D eigenvalue weighted by molar-refractivity contribution is 0.0429. The van der Waals surface area contributed by atoms with E-state index in [4.69, 9.17) is 16.3 Å². The molecule has 4 nitrogen and oxygen atoms in total. The van der Waals surface area contributed by atoms with Crippen LogP contribution in [0.15, 0.2) is 12.3 Å². The van der Waals surface area contributed by atoms with Crippen molar-refractivity contribution in [2.75, 3.05) is 18.1 Å². The van der Waals surface area contributed by atoms with E-state index < -0.39 is 0 Å². The van der Waals surface area contributed by atoms with Crippen LogP contribution in [0.4, 0.5) is 5.82 Å². The van der Waals surface area contributed by atoms with Crippen LogP contribution in [-0.2, 0) is 0 Å². The summed E-state index contributed by atoms with van der Waals surface area (Å²) in [5.41, 5.74) is 0. The molecule has 1 fully saturated rings. The van der Waals surface area contributed by atoms with Gasteiger partial charge in [0.15, 0.2) is 11.6 Å². The molecular weight excluding hydrogens is 264 g/mol. The van der Waals surface area contributed by atoms with Crippen LogP contribution in [0.5, 0.6) is 5.75 Å². The Kier molecular flexibility index (Phi) is 3.31. The maximum Gasteiger partial charge on any atom is 0.171 e. The van der Waals surface area contributed by atoms with Gasteiger partial charge in [-0.15, -0.1) is 0 Å². The van der Waals surface area contributed by atoms with Crippen LogP contribution >= 0.6 is 11.6 Å². The van der Waals surface area contributed by atoms with Crippen LogP contribution in [0.1, 0.15) is 20.3 Å². The smallest absolute Gasteiger partial charge is 0.171 e. The highest BCUT2D eigenvalue weighted by molar-refractivity contribution is 6.30. The number of pyridine rings is 1. The summed E-state index contributed by atoms with van der Waals surface area (Å²) in [6.07, 6.45) is 2.27. The average Bonchev–Trinajstić information content (AvgIpc) is 2.37. The van der Waals surface area contributed by atoms with Crippen LogP contribution in [0.25, 0.3) is 0 Å². The Morgan fingerprint density at radius 1 is 1.53 bits per heavy atom. The van der Waals surface area contributed by atoms with E-state index in [0.717, 1.165) is 18.0 Å². The molecule has 0 amide bonds. The van der Waals surface area contributed by atoms with Crippen LogP contribution < -0.4 is 9.64 Å². The molecular formula is C14H19ClN2O2. The summed E-state index contributed by atoms with van der Waals surface area (Å²) in [4.78, 5) is 6.53. The molecule has 1 saturated heterocycles. The summed E-state index contributed by atoms with van der Waals surface area (Å²) in [5.74, 6) is 2.34. The molecule has 2 aliphatic heterocycles. The number of hydrogen-bond donors (Lipinski definition) is 1. The van der Waals surface area contributed by atoms with Gasteiger partial charge in [0, 0.05) is 18.8 Å². The fraction of sp³-hybridized carbons (Fsp3) is 0.643. The minimum absolute atomic E-state index is 0.303. The average molecular weight is 283 g/mol. The molecule has 0 saturated carbocycles. The summed E-state index contributed by atoms with van der Waals surface area (Å²) >= 11 is 5.93. The van der Waals surface area contributed by atoms with Gasteiger partial charge in [-0.05, 0) is 18.3 Å². The van der Waals surface area contributed by atoms with Gasteiger partial charge in [-0.25, -0.2) is 4.98 Å². The molecule has 2 aliphatic rings. The molecule has 3 rings (SSSR count). The third-order valence-corrected chi connectivity index (χ3v) is 4.43. The third-order valence-electron chi connectivity index (χ3n) is 4.22. The molecule has 3 unspecified atom stereocenters. The largest absolute Gasteiger partial charge is 0.488 e. The van der Waals surface area contributed by atoms with Gasteiger partial charge in [0.25, 0.3) is 0 Å². The number of piperidine rings is 1. The van der Waals surface area contributed by atoms with Crippen molar-refractivity contribution in [1.29, 1.82) is 0 Å². The van der Waals surface area contributed by atoms with Crippen molar-refractivity contribution in [3.63, 3.8) is 0 Å². The normalized spacial score (nSPS) is 29.7. The summed E-state index contributed by atoms with van der Waals surface area (Å²) in [6.45, 7) is 5.60. The van der Waals surface area contributed by atoms with E-state index in [0.29, 0.717) is 36.1 Å². The minimum Gasteiger partial charge on any atom is -0.488 e. The fourth-order valence-corrected chi connectivity index (χ4v) is 3.29. The standard InChI is InChI=1S/C14H19ClN2O2/c1-8(2)11-4-10-7-19-13-3-9(15)5-16-14(13)17(10)6-12(11)18/h3,5,8,10-12,18H,4,6-7H2,1-2H3. The van der Waals surface area contributed by atoms with E-state index in [-0.39, 0.29) is 6.10 Å². The Morgan fingerprint density at radius 2 is 2.32 bits per heavy atom. The van der Waals surface area contributed by atoms with E-state index in [1.54, 1.807) is 12.3 Å². The Bertz CT molecular complexity index is 481. The molecule has 1 aromatic heterocycles. The van der Waals surface area contributed by atoms with Gasteiger partial charge in [-0.2, -0.15) is 0 Å². The van der Waals surface area contributed by atoms with Gasteiger partial charge in [-0.1, -0.05) is 25.4 Å². The van der Waals surface area contributed by atoms with E-state index in [1.165, 1.54) is 0 Å². The molecule has 1 aromatic rings. The van der Waals surface area contributed by atoms with Crippen molar-refractivity contribution in [2.24, 2.45) is 11.8 Å². The molecule has 5 heteroatoms. The fourth-order valence-electron chi connectivity index (χ4n) is 3.14. The van der Waals surface area contributed by atoms with Crippen LogP contribution in [0.3, 0.4) is 0 Å². The summed E-state index contributed by atoms with van der Waals surface area (Å²) in [7, 11) is 0. The summed E-state index contributed by atoms with van der Waals surface area (Å²) in [5, 5.41) is 10.9. The quantitative estimate of drug-likeness (QED) is 0.859. The molecule has 3 heterocycles. The second-order valence-corrected chi connectivity index (χ2v) is 6.24. The highest BCUT2D eigenvalue weighted by Crippen LogP contribution is 2.39. The minimum atomic E-state index is -0.306. The molecule has 0 radical (unpaired) electrons. The van der Waals surface area contributed by atoms with Gasteiger partial charge in [-0.3, -0.25) is 0 Å². The highest BCUT2D eigenvalue weighted by Gasteiger charge is 2.40. The van der Waals surface area contributed by atoms with Crippen LogP contribution in [0.2, 0.25) is 5.02 Å². The van der Waals surface area contributed by atoms with Gasteiger partial charge in [0.1, 0.15) is 6.61 Å². The Morgan fingerprint density at radius 3 is 3.05 bits per heavy atom. The second-order valence-electron chi connectivity index (χ2n) is 5.80. The zero-order valence-electron chi connectivity index (χ0n) is 11.2.